The maximum atomic E-state index is 11.4. The predicted octanol–water partition coefficient (Wildman–Crippen LogP) is 3.51. The molecule has 1 fully saturated rings. The number of hydrogen-bond donors (Lipinski definition) is 0. The molecule has 0 radical (unpaired) electrons. The zero-order chi connectivity index (χ0) is 13.8. The van der Waals surface area contributed by atoms with Crippen LogP contribution in [0.1, 0.15) is 30.1 Å². The fourth-order valence-electron chi connectivity index (χ4n) is 1.89. The van der Waals surface area contributed by atoms with Crippen molar-refractivity contribution in [3.63, 3.8) is 0 Å². The maximum absolute atomic E-state index is 11.4. The van der Waals surface area contributed by atoms with Gasteiger partial charge in [0.1, 0.15) is 0 Å². The van der Waals surface area contributed by atoms with Crippen molar-refractivity contribution in [2.24, 2.45) is 5.92 Å². The van der Waals surface area contributed by atoms with Crippen LogP contribution in [0.2, 0.25) is 0 Å². The minimum absolute atomic E-state index is 0.0776. The first kappa shape index (κ1) is 14.5. The Morgan fingerprint density at radius 2 is 2.21 bits per heavy atom. The fourth-order valence-corrected chi connectivity index (χ4v) is 2.54. The van der Waals surface area contributed by atoms with Gasteiger partial charge in [-0.05, 0) is 59.8 Å². The lowest BCUT2D eigenvalue weighted by molar-refractivity contribution is 0.101. The molecule has 0 aromatic heterocycles. The molecule has 0 saturated heterocycles. The van der Waals surface area contributed by atoms with Gasteiger partial charge in [-0.15, -0.1) is 0 Å². The van der Waals surface area contributed by atoms with Crippen LogP contribution in [0.25, 0.3) is 0 Å². The van der Waals surface area contributed by atoms with Gasteiger partial charge in [-0.25, -0.2) is 0 Å². The summed E-state index contributed by atoms with van der Waals surface area (Å²) >= 11 is 3.45. The number of hydrogen-bond acceptors (Lipinski definition) is 3. The van der Waals surface area contributed by atoms with Gasteiger partial charge in [0, 0.05) is 35.9 Å². The summed E-state index contributed by atoms with van der Waals surface area (Å²) in [6.45, 7) is 4.09. The molecule has 1 aliphatic carbocycles. The summed E-state index contributed by atoms with van der Waals surface area (Å²) in [6.07, 6.45) is 2.66. The zero-order valence-electron chi connectivity index (χ0n) is 11.5. The Kier molecular flexibility index (Phi) is 4.99. The van der Waals surface area contributed by atoms with E-state index in [-0.39, 0.29) is 5.78 Å². The van der Waals surface area contributed by atoms with Crippen LogP contribution in [0, 0.1) is 5.92 Å². The number of anilines is 1. The molecule has 0 atom stereocenters. The second kappa shape index (κ2) is 6.53. The van der Waals surface area contributed by atoms with Crippen LogP contribution in [0.5, 0.6) is 0 Å². The molecule has 0 heterocycles. The number of ether oxygens (including phenoxy) is 1. The number of benzene rings is 1. The average molecular weight is 326 g/mol. The van der Waals surface area contributed by atoms with Crippen LogP contribution in [0.3, 0.4) is 0 Å². The number of halogens is 1. The van der Waals surface area contributed by atoms with Gasteiger partial charge in [0.2, 0.25) is 0 Å². The summed E-state index contributed by atoms with van der Waals surface area (Å²) in [4.78, 5) is 13.5. The highest BCUT2D eigenvalue weighted by molar-refractivity contribution is 9.10. The summed E-state index contributed by atoms with van der Waals surface area (Å²) in [5.41, 5.74) is 1.81. The summed E-state index contributed by atoms with van der Waals surface area (Å²) < 4.78 is 6.48. The smallest absolute Gasteiger partial charge is 0.160 e. The average Bonchev–Trinajstić information content (AvgIpc) is 3.17. The van der Waals surface area contributed by atoms with E-state index in [9.17, 15) is 4.79 Å². The van der Waals surface area contributed by atoms with Gasteiger partial charge in [-0.3, -0.25) is 4.79 Å². The first-order valence-electron chi connectivity index (χ1n) is 6.67. The van der Waals surface area contributed by atoms with Gasteiger partial charge in [-0.2, -0.15) is 0 Å². The fraction of sp³-hybridized carbons (Fsp3) is 0.533. The first-order valence-corrected chi connectivity index (χ1v) is 7.46. The summed E-state index contributed by atoms with van der Waals surface area (Å²) in [5.74, 6) is 0.892. The highest BCUT2D eigenvalue weighted by Gasteiger charge is 2.21. The van der Waals surface area contributed by atoms with E-state index in [2.05, 4.69) is 20.8 Å². The van der Waals surface area contributed by atoms with E-state index >= 15 is 0 Å². The monoisotopic (exact) mass is 325 g/mol. The minimum atomic E-state index is 0.0776. The second-order valence-corrected chi connectivity index (χ2v) is 6.01. The normalized spacial score (nSPS) is 14.5. The Balaban J connectivity index is 1.85. The van der Waals surface area contributed by atoms with Gasteiger partial charge in [0.15, 0.2) is 5.78 Å². The zero-order valence-corrected chi connectivity index (χ0v) is 13.1. The Labute approximate surface area is 123 Å². The summed E-state index contributed by atoms with van der Waals surface area (Å²) in [7, 11) is 2.04. The lowest BCUT2D eigenvalue weighted by atomic mass is 10.1. The molecule has 1 aromatic rings. The number of rotatable bonds is 7. The molecule has 0 aliphatic heterocycles. The molecule has 2 rings (SSSR count). The number of Topliss-reactive ketones (excluding diaryl/α,β-unsaturated/α-hetero) is 1. The van der Waals surface area contributed by atoms with Gasteiger partial charge in [0.25, 0.3) is 0 Å². The van der Waals surface area contributed by atoms with Gasteiger partial charge in [0.05, 0.1) is 6.61 Å². The molecule has 0 bridgehead atoms. The highest BCUT2D eigenvalue weighted by atomic mass is 79.9. The number of likely N-dealkylation sites (N-methyl/N-ethyl adjacent to an activating group) is 1. The van der Waals surface area contributed by atoms with E-state index in [1.165, 1.54) is 12.8 Å². The van der Waals surface area contributed by atoms with Crippen molar-refractivity contribution >= 4 is 27.4 Å². The van der Waals surface area contributed by atoms with Crippen molar-refractivity contribution in [1.29, 1.82) is 0 Å². The van der Waals surface area contributed by atoms with Gasteiger partial charge in [-0.1, -0.05) is 0 Å². The van der Waals surface area contributed by atoms with E-state index in [4.69, 9.17) is 4.74 Å². The Morgan fingerprint density at radius 3 is 2.79 bits per heavy atom. The van der Waals surface area contributed by atoms with Gasteiger partial charge < -0.3 is 9.64 Å². The molecule has 1 aromatic carbocycles. The third-order valence-corrected chi connectivity index (χ3v) is 4.05. The van der Waals surface area contributed by atoms with Crippen LogP contribution in [0.15, 0.2) is 22.7 Å². The van der Waals surface area contributed by atoms with E-state index in [1.807, 2.05) is 25.2 Å². The molecule has 19 heavy (non-hydrogen) atoms. The van der Waals surface area contributed by atoms with Crippen molar-refractivity contribution in [1.82, 2.24) is 0 Å². The first-order chi connectivity index (χ1) is 9.08. The van der Waals surface area contributed by atoms with Crippen LogP contribution in [-0.2, 0) is 4.74 Å². The van der Waals surface area contributed by atoms with E-state index in [0.717, 1.165) is 41.4 Å². The third kappa shape index (κ3) is 4.32. The van der Waals surface area contributed by atoms with Crippen molar-refractivity contribution in [2.75, 3.05) is 31.7 Å². The van der Waals surface area contributed by atoms with Gasteiger partial charge >= 0.3 is 0 Å². The number of nitrogens with zero attached hydrogens (tertiary/aromatic N) is 1. The molecule has 4 heteroatoms. The molecular weight excluding hydrogens is 306 g/mol. The van der Waals surface area contributed by atoms with Crippen LogP contribution in [-0.4, -0.2) is 32.6 Å². The Bertz CT molecular complexity index is 457. The van der Waals surface area contributed by atoms with Crippen LogP contribution < -0.4 is 4.90 Å². The molecule has 1 aliphatic rings. The number of carbonyl (C=O) groups excluding carboxylic acids is 1. The third-order valence-electron chi connectivity index (χ3n) is 3.39. The van der Waals surface area contributed by atoms with Crippen molar-refractivity contribution < 1.29 is 9.53 Å². The SMILES string of the molecule is CC(=O)c1ccc(N(C)CCOCC2CC2)cc1Br. The maximum Gasteiger partial charge on any atom is 0.160 e. The molecule has 104 valence electrons. The number of ketones is 1. The molecule has 0 N–H and O–H groups in total. The van der Waals surface area contributed by atoms with Crippen molar-refractivity contribution in [3.8, 4) is 0 Å². The standard InChI is InChI=1S/C15H20BrNO2/c1-11(18)14-6-5-13(9-15(14)16)17(2)7-8-19-10-12-3-4-12/h5-6,9,12H,3-4,7-8,10H2,1-2H3. The van der Waals surface area contributed by atoms with Crippen molar-refractivity contribution in [2.45, 2.75) is 19.8 Å². The van der Waals surface area contributed by atoms with E-state index in [0.29, 0.717) is 0 Å². The lowest BCUT2D eigenvalue weighted by Crippen LogP contribution is -2.23. The molecule has 0 spiro atoms. The van der Waals surface area contributed by atoms with E-state index in [1.54, 1.807) is 6.92 Å². The molecule has 0 unspecified atom stereocenters. The summed E-state index contributed by atoms with van der Waals surface area (Å²) in [6, 6.07) is 5.82. The Hall–Kier alpha value is -0.870. The minimum Gasteiger partial charge on any atom is -0.379 e. The Morgan fingerprint density at radius 1 is 1.47 bits per heavy atom. The topological polar surface area (TPSA) is 29.5 Å². The summed E-state index contributed by atoms with van der Waals surface area (Å²) in [5, 5.41) is 0. The molecular formula is C15H20BrNO2. The molecule has 1 saturated carbocycles. The predicted molar refractivity (Wildman–Crippen MR) is 81.0 cm³/mol. The van der Waals surface area contributed by atoms with Crippen LogP contribution >= 0.6 is 15.9 Å². The van der Waals surface area contributed by atoms with E-state index < -0.39 is 0 Å². The molecule has 3 nitrogen and oxygen atoms in total. The second-order valence-electron chi connectivity index (χ2n) is 5.16. The molecule has 0 amide bonds. The van der Waals surface area contributed by atoms with Crippen LogP contribution in [0.4, 0.5) is 5.69 Å². The van der Waals surface area contributed by atoms with Crippen molar-refractivity contribution in [3.05, 3.63) is 28.2 Å². The highest BCUT2D eigenvalue weighted by Crippen LogP contribution is 2.28. The quantitative estimate of drug-likeness (QED) is 0.567. The largest absolute Gasteiger partial charge is 0.379 e. The lowest BCUT2D eigenvalue weighted by Gasteiger charge is -2.20. The number of carbonyl (C=O) groups is 1.